The van der Waals surface area contributed by atoms with Gasteiger partial charge < -0.3 is 9.47 Å². The van der Waals surface area contributed by atoms with E-state index in [4.69, 9.17) is 9.47 Å². The first kappa shape index (κ1) is 10.8. The van der Waals surface area contributed by atoms with Crippen LogP contribution in [-0.4, -0.2) is 13.0 Å². The van der Waals surface area contributed by atoms with Gasteiger partial charge in [-0.15, -0.1) is 0 Å². The van der Waals surface area contributed by atoms with Crippen LogP contribution in [0.25, 0.3) is 0 Å². The normalized spacial score (nSPS) is 13.2. The van der Waals surface area contributed by atoms with Crippen LogP contribution in [0.2, 0.25) is 0 Å². The Labute approximate surface area is 106 Å². The van der Waals surface area contributed by atoms with Crippen molar-refractivity contribution in [1.82, 2.24) is 0 Å². The summed E-state index contributed by atoms with van der Waals surface area (Å²) in [7, 11) is 0. The van der Waals surface area contributed by atoms with Crippen LogP contribution >= 0.6 is 0 Å². The number of rotatable bonds is 2. The second kappa shape index (κ2) is 4.53. The van der Waals surface area contributed by atoms with Crippen LogP contribution in [0.4, 0.5) is 5.69 Å². The third-order valence-electron chi connectivity index (χ3n) is 2.76. The predicted octanol–water partition coefficient (Wildman–Crippen LogP) is 3.47. The van der Waals surface area contributed by atoms with Crippen molar-refractivity contribution in [1.29, 1.82) is 0 Å². The number of ether oxygens (including phenoxy) is 2. The summed E-state index contributed by atoms with van der Waals surface area (Å²) in [5.41, 5.74) is 3.16. The van der Waals surface area contributed by atoms with Gasteiger partial charge in [-0.05, 0) is 48.4 Å². The second-order valence-electron chi connectivity index (χ2n) is 4.21. The molecule has 0 saturated carbocycles. The number of benzene rings is 2. The van der Waals surface area contributed by atoms with Gasteiger partial charge in [0.15, 0.2) is 11.5 Å². The van der Waals surface area contributed by atoms with E-state index in [-0.39, 0.29) is 0 Å². The Morgan fingerprint density at radius 2 is 1.94 bits per heavy atom. The van der Waals surface area contributed by atoms with Crippen LogP contribution in [0.5, 0.6) is 11.5 Å². The summed E-state index contributed by atoms with van der Waals surface area (Å²) in [4.78, 5) is 4.44. The number of hydrogen-bond acceptors (Lipinski definition) is 3. The molecule has 0 amide bonds. The molecule has 1 aliphatic rings. The van der Waals surface area contributed by atoms with Crippen molar-refractivity contribution in [3.63, 3.8) is 0 Å². The Morgan fingerprint density at radius 3 is 2.83 bits per heavy atom. The maximum atomic E-state index is 5.33. The van der Waals surface area contributed by atoms with Crippen LogP contribution < -0.4 is 9.47 Å². The molecule has 0 atom stereocenters. The van der Waals surface area contributed by atoms with E-state index in [2.05, 4.69) is 18.0 Å². The molecule has 0 saturated heterocycles. The smallest absolute Gasteiger partial charge is 0.231 e. The Balaban J connectivity index is 1.84. The van der Waals surface area contributed by atoms with Gasteiger partial charge in [0.05, 0.1) is 5.69 Å². The van der Waals surface area contributed by atoms with Crippen molar-refractivity contribution in [2.75, 3.05) is 6.79 Å². The topological polar surface area (TPSA) is 30.8 Å². The monoisotopic (exact) mass is 239 g/mol. The highest BCUT2D eigenvalue weighted by Gasteiger charge is 2.12. The van der Waals surface area contributed by atoms with Gasteiger partial charge in [0.25, 0.3) is 0 Å². The van der Waals surface area contributed by atoms with E-state index in [1.807, 2.05) is 42.6 Å². The SMILES string of the molecule is Cc1cccc(N=Cc2ccc3c(c2)OCO3)c1. The van der Waals surface area contributed by atoms with Gasteiger partial charge in [0.2, 0.25) is 6.79 Å². The van der Waals surface area contributed by atoms with Gasteiger partial charge in [-0.1, -0.05) is 12.1 Å². The van der Waals surface area contributed by atoms with E-state index in [9.17, 15) is 0 Å². The van der Waals surface area contributed by atoms with Crippen LogP contribution in [-0.2, 0) is 0 Å². The summed E-state index contributed by atoms with van der Waals surface area (Å²) in [5.74, 6) is 1.57. The molecule has 1 heterocycles. The van der Waals surface area contributed by atoms with Gasteiger partial charge >= 0.3 is 0 Å². The van der Waals surface area contributed by atoms with Crippen molar-refractivity contribution in [3.05, 3.63) is 53.6 Å². The lowest BCUT2D eigenvalue weighted by molar-refractivity contribution is 0.174. The standard InChI is InChI=1S/C15H13NO2/c1-11-3-2-4-13(7-11)16-9-12-5-6-14-15(8-12)18-10-17-14/h2-9H,10H2,1H3. The fourth-order valence-corrected chi connectivity index (χ4v) is 1.85. The molecule has 0 radical (unpaired) electrons. The molecule has 0 spiro atoms. The van der Waals surface area contributed by atoms with Crippen LogP contribution in [0.15, 0.2) is 47.5 Å². The maximum absolute atomic E-state index is 5.33. The number of aliphatic imine (C=N–C) groups is 1. The van der Waals surface area contributed by atoms with Gasteiger partial charge in [-0.25, -0.2) is 0 Å². The lowest BCUT2D eigenvalue weighted by Gasteiger charge is -1.98. The molecule has 2 aromatic carbocycles. The molecule has 18 heavy (non-hydrogen) atoms. The Bertz CT molecular complexity index is 605. The predicted molar refractivity (Wildman–Crippen MR) is 71.0 cm³/mol. The summed E-state index contributed by atoms with van der Waals surface area (Å²) in [6.45, 7) is 2.35. The van der Waals surface area contributed by atoms with Gasteiger partial charge in [0.1, 0.15) is 0 Å². The van der Waals surface area contributed by atoms with Gasteiger partial charge in [0, 0.05) is 6.21 Å². The average Bonchev–Trinajstić information content (AvgIpc) is 2.84. The number of hydrogen-bond donors (Lipinski definition) is 0. The molecule has 90 valence electrons. The van der Waals surface area contributed by atoms with E-state index < -0.39 is 0 Å². The van der Waals surface area contributed by atoms with Crippen molar-refractivity contribution in [2.24, 2.45) is 4.99 Å². The molecule has 0 aliphatic carbocycles. The summed E-state index contributed by atoms with van der Waals surface area (Å²) < 4.78 is 10.6. The summed E-state index contributed by atoms with van der Waals surface area (Å²) in [5, 5.41) is 0. The molecule has 0 bridgehead atoms. The molecule has 0 N–H and O–H groups in total. The van der Waals surface area contributed by atoms with Crippen molar-refractivity contribution in [2.45, 2.75) is 6.92 Å². The fraction of sp³-hybridized carbons (Fsp3) is 0.133. The number of fused-ring (bicyclic) bond motifs is 1. The Morgan fingerprint density at radius 1 is 1.06 bits per heavy atom. The lowest BCUT2D eigenvalue weighted by atomic mass is 10.2. The zero-order valence-corrected chi connectivity index (χ0v) is 10.1. The molecule has 2 aromatic rings. The highest BCUT2D eigenvalue weighted by Crippen LogP contribution is 2.32. The maximum Gasteiger partial charge on any atom is 0.231 e. The molecule has 3 nitrogen and oxygen atoms in total. The minimum Gasteiger partial charge on any atom is -0.454 e. The first-order chi connectivity index (χ1) is 8.81. The molecule has 0 fully saturated rings. The molecule has 1 aliphatic heterocycles. The van der Waals surface area contributed by atoms with Gasteiger partial charge in [-0.3, -0.25) is 4.99 Å². The largest absolute Gasteiger partial charge is 0.454 e. The van der Waals surface area contributed by atoms with Gasteiger partial charge in [-0.2, -0.15) is 0 Å². The molecular formula is C15H13NO2. The third-order valence-corrected chi connectivity index (χ3v) is 2.76. The van der Waals surface area contributed by atoms with E-state index in [0.29, 0.717) is 6.79 Å². The second-order valence-corrected chi connectivity index (χ2v) is 4.21. The highest BCUT2D eigenvalue weighted by atomic mass is 16.7. The molecule has 3 rings (SSSR count). The Kier molecular flexibility index (Phi) is 2.73. The van der Waals surface area contributed by atoms with E-state index in [0.717, 1.165) is 22.7 Å². The molecule has 0 unspecified atom stereocenters. The van der Waals surface area contributed by atoms with E-state index in [1.54, 1.807) is 0 Å². The first-order valence-electron chi connectivity index (χ1n) is 5.82. The average molecular weight is 239 g/mol. The molecule has 0 aromatic heterocycles. The Hall–Kier alpha value is -2.29. The fourth-order valence-electron chi connectivity index (χ4n) is 1.85. The van der Waals surface area contributed by atoms with Crippen LogP contribution in [0.3, 0.4) is 0 Å². The van der Waals surface area contributed by atoms with Crippen molar-refractivity contribution in [3.8, 4) is 11.5 Å². The van der Waals surface area contributed by atoms with E-state index in [1.165, 1.54) is 5.56 Å². The summed E-state index contributed by atoms with van der Waals surface area (Å²) in [6, 6.07) is 13.9. The first-order valence-corrected chi connectivity index (χ1v) is 5.82. The van der Waals surface area contributed by atoms with Crippen LogP contribution in [0, 0.1) is 6.92 Å². The van der Waals surface area contributed by atoms with Crippen molar-refractivity contribution >= 4 is 11.9 Å². The van der Waals surface area contributed by atoms with Crippen molar-refractivity contribution < 1.29 is 9.47 Å². The summed E-state index contributed by atoms with van der Waals surface area (Å²) in [6.07, 6.45) is 1.83. The zero-order valence-electron chi connectivity index (χ0n) is 10.1. The quantitative estimate of drug-likeness (QED) is 0.751. The number of nitrogens with zero attached hydrogens (tertiary/aromatic N) is 1. The lowest BCUT2D eigenvalue weighted by Crippen LogP contribution is -1.92. The molecular weight excluding hydrogens is 226 g/mol. The minimum absolute atomic E-state index is 0.299. The number of aryl methyl sites for hydroxylation is 1. The third kappa shape index (κ3) is 2.20. The minimum atomic E-state index is 0.299. The van der Waals surface area contributed by atoms with E-state index >= 15 is 0 Å². The zero-order chi connectivity index (χ0) is 12.4. The highest BCUT2D eigenvalue weighted by molar-refractivity contribution is 5.83. The van der Waals surface area contributed by atoms with Crippen LogP contribution in [0.1, 0.15) is 11.1 Å². The summed E-state index contributed by atoms with van der Waals surface area (Å²) >= 11 is 0. The molecule has 3 heteroatoms.